The minimum absolute atomic E-state index is 0.0501. The highest BCUT2D eigenvalue weighted by atomic mass is 79.9. The summed E-state index contributed by atoms with van der Waals surface area (Å²) in [6.07, 6.45) is 1.15. The van der Waals surface area contributed by atoms with E-state index in [2.05, 4.69) is 26.5 Å². The van der Waals surface area contributed by atoms with E-state index in [1.807, 2.05) is 4.90 Å². The van der Waals surface area contributed by atoms with E-state index in [0.717, 1.165) is 10.7 Å². The smallest absolute Gasteiger partial charge is 0.254 e. The predicted molar refractivity (Wildman–Crippen MR) is 116 cm³/mol. The summed E-state index contributed by atoms with van der Waals surface area (Å²) in [7, 11) is -3.57. The van der Waals surface area contributed by atoms with Gasteiger partial charge in [-0.05, 0) is 36.4 Å². The highest BCUT2D eigenvalue weighted by molar-refractivity contribution is 9.10. The number of amides is 1. The highest BCUT2D eigenvalue weighted by Gasteiger charge is 2.28. The van der Waals surface area contributed by atoms with Crippen LogP contribution in [0.4, 0.5) is 4.39 Å². The number of hydrogen-bond donors (Lipinski definition) is 1. The van der Waals surface area contributed by atoms with E-state index in [0.29, 0.717) is 13.1 Å². The molecule has 1 aliphatic rings. The van der Waals surface area contributed by atoms with Gasteiger partial charge in [0.05, 0.1) is 22.7 Å². The lowest BCUT2D eigenvalue weighted by molar-refractivity contribution is -0.122. The van der Waals surface area contributed by atoms with Crippen LogP contribution in [0.25, 0.3) is 0 Å². The Morgan fingerprint density at radius 2 is 1.83 bits per heavy atom. The zero-order chi connectivity index (χ0) is 21.7. The van der Waals surface area contributed by atoms with Gasteiger partial charge < -0.3 is 0 Å². The Hall–Kier alpha value is -1.85. The standard InChI is InChI=1S/C19H19BrClFN4O3S/c20-14-4-6-15(7-5-14)30(28,29)26-10-8-25(9-11-26)13-19(27)24-23-12-16-17(21)2-1-3-18(16)22/h1-7,12H,8-11,13H2,(H,24,27)/b23-12+. The maximum absolute atomic E-state index is 13.7. The summed E-state index contributed by atoms with van der Waals surface area (Å²) in [4.78, 5) is 14.1. The zero-order valence-electron chi connectivity index (χ0n) is 15.8. The molecule has 0 bridgehead atoms. The largest absolute Gasteiger partial charge is 0.292 e. The average Bonchev–Trinajstić information content (AvgIpc) is 2.71. The van der Waals surface area contributed by atoms with Crippen LogP contribution < -0.4 is 5.43 Å². The molecule has 0 spiro atoms. The van der Waals surface area contributed by atoms with E-state index in [1.165, 1.54) is 22.5 Å². The van der Waals surface area contributed by atoms with Crippen molar-refractivity contribution in [3.05, 3.63) is 63.3 Å². The monoisotopic (exact) mass is 516 g/mol. The number of benzene rings is 2. The number of nitrogens with one attached hydrogen (secondary N) is 1. The molecule has 0 atom stereocenters. The van der Waals surface area contributed by atoms with Gasteiger partial charge in [-0.25, -0.2) is 18.2 Å². The van der Waals surface area contributed by atoms with E-state index < -0.39 is 15.8 Å². The molecule has 0 saturated carbocycles. The molecule has 0 aliphatic carbocycles. The summed E-state index contributed by atoms with van der Waals surface area (Å²) in [5.74, 6) is -0.925. The van der Waals surface area contributed by atoms with Crippen LogP contribution >= 0.6 is 27.5 Å². The van der Waals surface area contributed by atoms with Gasteiger partial charge in [0, 0.05) is 36.2 Å². The number of nitrogens with zero attached hydrogens (tertiary/aromatic N) is 3. The fraction of sp³-hybridized carbons (Fsp3) is 0.263. The summed E-state index contributed by atoms with van der Waals surface area (Å²) in [6, 6.07) is 10.7. The van der Waals surface area contributed by atoms with Crippen molar-refractivity contribution in [1.82, 2.24) is 14.6 Å². The van der Waals surface area contributed by atoms with Gasteiger partial charge in [-0.1, -0.05) is 33.6 Å². The molecule has 11 heteroatoms. The van der Waals surface area contributed by atoms with Crippen LogP contribution in [-0.2, 0) is 14.8 Å². The summed E-state index contributed by atoms with van der Waals surface area (Å²) < 4.78 is 41.3. The Kier molecular flexibility index (Phi) is 7.59. The maximum atomic E-state index is 13.7. The Bertz CT molecular complexity index is 1020. The fourth-order valence-corrected chi connectivity index (χ4v) is 4.82. The molecule has 1 heterocycles. The molecule has 1 saturated heterocycles. The molecule has 160 valence electrons. The molecular weight excluding hydrogens is 499 g/mol. The second kappa shape index (κ2) is 9.97. The van der Waals surface area contributed by atoms with E-state index in [9.17, 15) is 17.6 Å². The molecule has 1 fully saturated rings. The molecule has 30 heavy (non-hydrogen) atoms. The number of hydrazone groups is 1. The first-order valence-electron chi connectivity index (χ1n) is 9.01. The number of carbonyl (C=O) groups excluding carboxylic acids is 1. The number of halogens is 3. The summed E-state index contributed by atoms with van der Waals surface area (Å²) in [5, 5.41) is 3.93. The Morgan fingerprint density at radius 1 is 1.17 bits per heavy atom. The van der Waals surface area contributed by atoms with Crippen LogP contribution in [-0.4, -0.2) is 62.5 Å². The van der Waals surface area contributed by atoms with Gasteiger partial charge in [-0.3, -0.25) is 9.69 Å². The third-order valence-electron chi connectivity index (χ3n) is 4.53. The molecule has 7 nitrogen and oxygen atoms in total. The summed E-state index contributed by atoms with van der Waals surface area (Å²) in [6.45, 7) is 1.42. The van der Waals surface area contributed by atoms with Gasteiger partial charge in [0.25, 0.3) is 5.91 Å². The molecular formula is C19H19BrClFN4O3S. The van der Waals surface area contributed by atoms with Crippen molar-refractivity contribution >= 4 is 49.7 Å². The quantitative estimate of drug-likeness (QED) is 0.472. The van der Waals surface area contributed by atoms with E-state index in [4.69, 9.17) is 11.6 Å². The first-order valence-corrected chi connectivity index (χ1v) is 11.6. The van der Waals surface area contributed by atoms with Crippen molar-refractivity contribution in [2.75, 3.05) is 32.7 Å². The number of sulfonamides is 1. The predicted octanol–water partition coefficient (Wildman–Crippen LogP) is 2.70. The molecule has 1 aliphatic heterocycles. The van der Waals surface area contributed by atoms with Crippen LogP contribution in [0.5, 0.6) is 0 Å². The van der Waals surface area contributed by atoms with Crippen LogP contribution in [0.15, 0.2) is 56.9 Å². The average molecular weight is 518 g/mol. The van der Waals surface area contributed by atoms with Crippen molar-refractivity contribution in [2.45, 2.75) is 4.90 Å². The molecule has 1 amide bonds. The first-order chi connectivity index (χ1) is 14.3. The second-order valence-corrected chi connectivity index (χ2v) is 9.82. The van der Waals surface area contributed by atoms with Gasteiger partial charge in [0.1, 0.15) is 5.82 Å². The molecule has 0 aromatic heterocycles. The minimum Gasteiger partial charge on any atom is -0.292 e. The third-order valence-corrected chi connectivity index (χ3v) is 7.30. The topological polar surface area (TPSA) is 82.1 Å². The van der Waals surface area contributed by atoms with Crippen molar-refractivity contribution in [3.63, 3.8) is 0 Å². The summed E-state index contributed by atoms with van der Waals surface area (Å²) >= 11 is 9.18. The Labute approximate surface area is 187 Å². The van der Waals surface area contributed by atoms with E-state index in [1.54, 1.807) is 24.3 Å². The van der Waals surface area contributed by atoms with Crippen LogP contribution in [0.3, 0.4) is 0 Å². The van der Waals surface area contributed by atoms with Crippen molar-refractivity contribution in [3.8, 4) is 0 Å². The molecule has 0 unspecified atom stereocenters. The lowest BCUT2D eigenvalue weighted by Gasteiger charge is -2.33. The van der Waals surface area contributed by atoms with Crippen molar-refractivity contribution < 1.29 is 17.6 Å². The number of hydrogen-bond acceptors (Lipinski definition) is 5. The molecule has 2 aromatic carbocycles. The van der Waals surface area contributed by atoms with Crippen molar-refractivity contribution in [1.29, 1.82) is 0 Å². The van der Waals surface area contributed by atoms with Gasteiger partial charge in [0.15, 0.2) is 0 Å². The first kappa shape index (κ1) is 22.8. The molecule has 0 radical (unpaired) electrons. The van der Waals surface area contributed by atoms with Crippen molar-refractivity contribution in [2.24, 2.45) is 5.10 Å². The maximum Gasteiger partial charge on any atom is 0.254 e. The van der Waals surface area contributed by atoms with Gasteiger partial charge in [-0.2, -0.15) is 9.41 Å². The zero-order valence-corrected chi connectivity index (χ0v) is 18.9. The van der Waals surface area contributed by atoms with Gasteiger partial charge >= 0.3 is 0 Å². The van der Waals surface area contributed by atoms with E-state index in [-0.39, 0.29) is 41.0 Å². The molecule has 2 aromatic rings. The normalized spacial score (nSPS) is 16.1. The number of carbonyl (C=O) groups is 1. The number of piperazine rings is 1. The van der Waals surface area contributed by atoms with Gasteiger partial charge in [-0.15, -0.1) is 0 Å². The van der Waals surface area contributed by atoms with Crippen LogP contribution in [0, 0.1) is 5.82 Å². The van der Waals surface area contributed by atoms with Gasteiger partial charge in [0.2, 0.25) is 10.0 Å². The minimum atomic E-state index is -3.57. The van der Waals surface area contributed by atoms with Crippen LogP contribution in [0.2, 0.25) is 5.02 Å². The third kappa shape index (κ3) is 5.64. The fourth-order valence-electron chi connectivity index (χ4n) is 2.92. The lowest BCUT2D eigenvalue weighted by Crippen LogP contribution is -2.50. The SMILES string of the molecule is O=C(CN1CCN(S(=O)(=O)c2ccc(Br)cc2)CC1)N/N=C/c1c(F)cccc1Cl. The Balaban J connectivity index is 1.50. The van der Waals surface area contributed by atoms with Crippen LogP contribution in [0.1, 0.15) is 5.56 Å². The lowest BCUT2D eigenvalue weighted by atomic mass is 10.2. The number of rotatable bonds is 6. The molecule has 3 rings (SSSR count). The van der Waals surface area contributed by atoms with E-state index >= 15 is 0 Å². The Morgan fingerprint density at radius 3 is 2.47 bits per heavy atom. The molecule has 1 N–H and O–H groups in total. The highest BCUT2D eigenvalue weighted by Crippen LogP contribution is 2.20. The summed E-state index contributed by atoms with van der Waals surface area (Å²) in [5.41, 5.74) is 2.42. The second-order valence-electron chi connectivity index (χ2n) is 6.56.